The van der Waals surface area contributed by atoms with E-state index in [9.17, 15) is 0 Å². The standard InChI is InChI=1S/C13H16O2/c14-15-13-10-6-2-5-9-12(13)11-7-3-1-4-8-11/h1,3-4,7-9,13-14H,2,5-6,10H2. The first-order chi connectivity index (χ1) is 7.42. The lowest BCUT2D eigenvalue weighted by molar-refractivity contribution is -0.263. The zero-order valence-electron chi connectivity index (χ0n) is 8.73. The molecule has 0 saturated carbocycles. The Hall–Kier alpha value is -1.12. The fourth-order valence-corrected chi connectivity index (χ4v) is 2.06. The molecule has 2 rings (SSSR count). The minimum atomic E-state index is -0.158. The van der Waals surface area contributed by atoms with Crippen LogP contribution in [0.3, 0.4) is 0 Å². The molecule has 1 aromatic carbocycles. The molecular formula is C13H16O2. The Morgan fingerprint density at radius 1 is 1.13 bits per heavy atom. The number of hydrogen-bond acceptors (Lipinski definition) is 2. The fraction of sp³-hybridized carbons (Fsp3) is 0.385. The van der Waals surface area contributed by atoms with Crippen molar-refractivity contribution in [3.8, 4) is 0 Å². The summed E-state index contributed by atoms with van der Waals surface area (Å²) < 4.78 is 0. The first-order valence-corrected chi connectivity index (χ1v) is 5.47. The van der Waals surface area contributed by atoms with E-state index in [-0.39, 0.29) is 6.10 Å². The van der Waals surface area contributed by atoms with Crippen molar-refractivity contribution in [3.05, 3.63) is 42.0 Å². The van der Waals surface area contributed by atoms with E-state index in [1.807, 2.05) is 18.2 Å². The highest BCUT2D eigenvalue weighted by molar-refractivity contribution is 5.68. The van der Waals surface area contributed by atoms with Crippen molar-refractivity contribution < 1.29 is 10.1 Å². The summed E-state index contributed by atoms with van der Waals surface area (Å²) in [6, 6.07) is 10.1. The van der Waals surface area contributed by atoms with Crippen molar-refractivity contribution in [2.75, 3.05) is 0 Å². The first-order valence-electron chi connectivity index (χ1n) is 5.47. The molecule has 0 aromatic heterocycles. The van der Waals surface area contributed by atoms with Gasteiger partial charge in [0.25, 0.3) is 0 Å². The molecule has 0 bridgehead atoms. The van der Waals surface area contributed by atoms with E-state index in [1.165, 1.54) is 6.42 Å². The third kappa shape index (κ3) is 2.46. The van der Waals surface area contributed by atoms with E-state index in [2.05, 4.69) is 23.1 Å². The van der Waals surface area contributed by atoms with Gasteiger partial charge in [-0.15, -0.1) is 0 Å². The second-order valence-electron chi connectivity index (χ2n) is 3.90. The van der Waals surface area contributed by atoms with Gasteiger partial charge in [-0.2, -0.15) is 0 Å². The van der Waals surface area contributed by atoms with Gasteiger partial charge in [0, 0.05) is 0 Å². The Balaban J connectivity index is 2.27. The molecule has 1 unspecified atom stereocenters. The molecule has 1 N–H and O–H groups in total. The van der Waals surface area contributed by atoms with Crippen molar-refractivity contribution in [2.45, 2.75) is 31.8 Å². The third-order valence-corrected chi connectivity index (χ3v) is 2.87. The van der Waals surface area contributed by atoms with E-state index in [4.69, 9.17) is 5.26 Å². The first kappa shape index (κ1) is 10.4. The molecule has 0 radical (unpaired) electrons. The van der Waals surface area contributed by atoms with Crippen LogP contribution in [0.25, 0.3) is 5.57 Å². The zero-order chi connectivity index (χ0) is 10.5. The number of hydrogen-bond donors (Lipinski definition) is 1. The van der Waals surface area contributed by atoms with Crippen molar-refractivity contribution in [2.24, 2.45) is 0 Å². The van der Waals surface area contributed by atoms with Crippen LogP contribution in [0.1, 0.15) is 31.2 Å². The third-order valence-electron chi connectivity index (χ3n) is 2.87. The predicted molar refractivity (Wildman–Crippen MR) is 60.4 cm³/mol. The molecule has 1 aromatic rings. The molecule has 2 heteroatoms. The van der Waals surface area contributed by atoms with Crippen molar-refractivity contribution in [1.29, 1.82) is 0 Å². The zero-order valence-corrected chi connectivity index (χ0v) is 8.73. The lowest BCUT2D eigenvalue weighted by Gasteiger charge is -2.15. The molecule has 1 atom stereocenters. The molecule has 80 valence electrons. The summed E-state index contributed by atoms with van der Waals surface area (Å²) in [5.41, 5.74) is 2.27. The van der Waals surface area contributed by atoms with Crippen LogP contribution in [0, 0.1) is 0 Å². The molecule has 2 nitrogen and oxygen atoms in total. The van der Waals surface area contributed by atoms with Crippen molar-refractivity contribution >= 4 is 5.57 Å². The lowest BCUT2D eigenvalue weighted by atomic mass is 9.99. The predicted octanol–water partition coefficient (Wildman–Crippen LogP) is 3.50. The highest BCUT2D eigenvalue weighted by Gasteiger charge is 2.18. The Morgan fingerprint density at radius 2 is 1.93 bits per heavy atom. The molecule has 0 fully saturated rings. The van der Waals surface area contributed by atoms with Gasteiger partial charge < -0.3 is 0 Å². The SMILES string of the molecule is OOC1CCCCC=C1c1ccccc1. The number of allylic oxidation sites excluding steroid dienone is 1. The smallest absolute Gasteiger partial charge is 0.118 e. The minimum Gasteiger partial charge on any atom is -0.251 e. The van der Waals surface area contributed by atoms with Crippen LogP contribution < -0.4 is 0 Å². The van der Waals surface area contributed by atoms with Crippen LogP contribution in [0.5, 0.6) is 0 Å². The summed E-state index contributed by atoms with van der Waals surface area (Å²) in [7, 11) is 0. The van der Waals surface area contributed by atoms with Crippen molar-refractivity contribution in [3.63, 3.8) is 0 Å². The maximum atomic E-state index is 8.91. The van der Waals surface area contributed by atoms with Gasteiger partial charge in [-0.1, -0.05) is 42.8 Å². The average Bonchev–Trinajstić information content (AvgIpc) is 2.55. The normalized spacial score (nSPS) is 21.9. The summed E-state index contributed by atoms with van der Waals surface area (Å²) in [6.45, 7) is 0. The maximum Gasteiger partial charge on any atom is 0.118 e. The maximum absolute atomic E-state index is 8.91. The molecule has 0 heterocycles. The molecule has 0 aliphatic heterocycles. The second kappa shape index (κ2) is 5.10. The summed E-state index contributed by atoms with van der Waals surface area (Å²) in [4.78, 5) is 4.57. The van der Waals surface area contributed by atoms with Crippen LogP contribution in [-0.4, -0.2) is 11.4 Å². The van der Waals surface area contributed by atoms with E-state index in [1.54, 1.807) is 0 Å². The lowest BCUT2D eigenvalue weighted by Crippen LogP contribution is -2.12. The van der Waals surface area contributed by atoms with Crippen LogP contribution in [-0.2, 0) is 4.89 Å². The number of rotatable bonds is 2. The van der Waals surface area contributed by atoms with E-state index in [0.29, 0.717) is 0 Å². The van der Waals surface area contributed by atoms with Gasteiger partial charge in [0.05, 0.1) is 0 Å². The molecule has 0 amide bonds. The molecule has 0 saturated heterocycles. The summed E-state index contributed by atoms with van der Waals surface area (Å²) in [5.74, 6) is 0. The monoisotopic (exact) mass is 204 g/mol. The molecular weight excluding hydrogens is 188 g/mol. The van der Waals surface area contributed by atoms with Crippen LogP contribution in [0.4, 0.5) is 0 Å². The summed E-state index contributed by atoms with van der Waals surface area (Å²) in [5, 5.41) is 8.91. The van der Waals surface area contributed by atoms with Gasteiger partial charge in [-0.3, -0.25) is 5.26 Å². The van der Waals surface area contributed by atoms with Crippen LogP contribution >= 0.6 is 0 Å². The van der Waals surface area contributed by atoms with E-state index >= 15 is 0 Å². The average molecular weight is 204 g/mol. The molecule has 1 aliphatic rings. The van der Waals surface area contributed by atoms with Gasteiger partial charge >= 0.3 is 0 Å². The van der Waals surface area contributed by atoms with Gasteiger partial charge in [0.15, 0.2) is 0 Å². The van der Waals surface area contributed by atoms with Crippen LogP contribution in [0.15, 0.2) is 36.4 Å². The van der Waals surface area contributed by atoms with Gasteiger partial charge in [-0.25, -0.2) is 4.89 Å². The van der Waals surface area contributed by atoms with Gasteiger partial charge in [0.1, 0.15) is 6.10 Å². The van der Waals surface area contributed by atoms with Crippen LogP contribution in [0.2, 0.25) is 0 Å². The fourth-order valence-electron chi connectivity index (χ4n) is 2.06. The Kier molecular flexibility index (Phi) is 3.54. The van der Waals surface area contributed by atoms with Crippen molar-refractivity contribution in [1.82, 2.24) is 0 Å². The summed E-state index contributed by atoms with van der Waals surface area (Å²) in [6.07, 6.45) is 6.29. The van der Waals surface area contributed by atoms with Gasteiger partial charge in [-0.05, 0) is 30.4 Å². The minimum absolute atomic E-state index is 0.158. The molecule has 15 heavy (non-hydrogen) atoms. The Morgan fingerprint density at radius 3 is 2.67 bits per heavy atom. The number of benzene rings is 1. The van der Waals surface area contributed by atoms with Gasteiger partial charge in [0.2, 0.25) is 0 Å². The molecule has 1 aliphatic carbocycles. The largest absolute Gasteiger partial charge is 0.251 e. The Bertz CT molecular complexity index is 330. The quantitative estimate of drug-likeness (QED) is 0.590. The Labute approximate surface area is 90.1 Å². The highest BCUT2D eigenvalue weighted by Crippen LogP contribution is 2.27. The summed E-state index contributed by atoms with van der Waals surface area (Å²) >= 11 is 0. The van der Waals surface area contributed by atoms with E-state index < -0.39 is 0 Å². The molecule has 0 spiro atoms. The topological polar surface area (TPSA) is 29.5 Å². The van der Waals surface area contributed by atoms with E-state index in [0.717, 1.165) is 30.4 Å². The highest BCUT2D eigenvalue weighted by atomic mass is 17.1. The second-order valence-corrected chi connectivity index (χ2v) is 3.90.